The molecule has 0 fully saturated rings. The van der Waals surface area contributed by atoms with Crippen molar-refractivity contribution in [2.45, 2.75) is 6.36 Å². The van der Waals surface area contributed by atoms with Crippen molar-refractivity contribution < 1.29 is 27.1 Å². The van der Waals surface area contributed by atoms with Crippen LogP contribution in [0.4, 0.5) is 19.2 Å². The van der Waals surface area contributed by atoms with E-state index >= 15 is 0 Å². The van der Waals surface area contributed by atoms with Crippen molar-refractivity contribution in [3.8, 4) is 17.2 Å². The van der Waals surface area contributed by atoms with Crippen molar-refractivity contribution in [3.63, 3.8) is 0 Å². The molecule has 3 rings (SSSR count). The standard InChI is InChI=1S/C16H10F3N3O3/c17-16(18,19)25-12-8-4-7-11(9-12)14-21-22-15(24-14)20-13(23)10-5-2-1-3-6-10/h1-9H,(H,20,22,23). The summed E-state index contributed by atoms with van der Waals surface area (Å²) < 4.78 is 45.9. The molecular formula is C16H10F3N3O3. The minimum Gasteiger partial charge on any atom is -0.406 e. The third-order valence-electron chi connectivity index (χ3n) is 3.00. The Kier molecular flexibility index (Phi) is 4.38. The van der Waals surface area contributed by atoms with E-state index in [0.29, 0.717) is 5.56 Å². The molecule has 0 aliphatic rings. The van der Waals surface area contributed by atoms with E-state index in [2.05, 4.69) is 20.3 Å². The number of carbonyl (C=O) groups is 1. The van der Waals surface area contributed by atoms with Gasteiger partial charge < -0.3 is 9.15 Å². The number of benzene rings is 2. The summed E-state index contributed by atoms with van der Waals surface area (Å²) in [5.41, 5.74) is 0.609. The van der Waals surface area contributed by atoms with E-state index in [9.17, 15) is 18.0 Å². The van der Waals surface area contributed by atoms with Crippen LogP contribution in [0.3, 0.4) is 0 Å². The van der Waals surface area contributed by atoms with Crippen LogP contribution >= 0.6 is 0 Å². The molecule has 0 saturated heterocycles. The molecule has 1 N–H and O–H groups in total. The van der Waals surface area contributed by atoms with Crippen LogP contribution in [0.1, 0.15) is 10.4 Å². The summed E-state index contributed by atoms with van der Waals surface area (Å²) >= 11 is 0. The Bertz CT molecular complexity index is 879. The minimum atomic E-state index is -4.80. The van der Waals surface area contributed by atoms with Gasteiger partial charge in [-0.05, 0) is 30.3 Å². The summed E-state index contributed by atoms with van der Waals surface area (Å²) in [6.07, 6.45) is -4.80. The van der Waals surface area contributed by atoms with Crippen LogP contribution in [-0.2, 0) is 0 Å². The van der Waals surface area contributed by atoms with Crippen LogP contribution < -0.4 is 10.1 Å². The van der Waals surface area contributed by atoms with E-state index in [4.69, 9.17) is 4.42 Å². The Hall–Kier alpha value is -3.36. The molecule has 0 unspecified atom stereocenters. The molecule has 1 aromatic heterocycles. The van der Waals surface area contributed by atoms with Crippen molar-refractivity contribution in [1.82, 2.24) is 10.2 Å². The number of hydrogen-bond donors (Lipinski definition) is 1. The van der Waals surface area contributed by atoms with Gasteiger partial charge in [-0.3, -0.25) is 10.1 Å². The molecule has 0 atom stereocenters. The number of carbonyl (C=O) groups excluding carboxylic acids is 1. The summed E-state index contributed by atoms with van der Waals surface area (Å²) in [5.74, 6) is -0.931. The van der Waals surface area contributed by atoms with E-state index in [-0.39, 0.29) is 17.5 Å². The highest BCUT2D eigenvalue weighted by molar-refractivity contribution is 6.03. The highest BCUT2D eigenvalue weighted by Crippen LogP contribution is 2.28. The Labute approximate surface area is 139 Å². The van der Waals surface area contributed by atoms with Gasteiger partial charge in [0.25, 0.3) is 5.91 Å². The monoisotopic (exact) mass is 349 g/mol. The number of nitrogens with one attached hydrogen (secondary N) is 1. The second-order valence-electron chi connectivity index (χ2n) is 4.81. The van der Waals surface area contributed by atoms with E-state index in [0.717, 1.165) is 12.1 Å². The Morgan fingerprint density at radius 2 is 1.80 bits per heavy atom. The van der Waals surface area contributed by atoms with Crippen molar-refractivity contribution in [2.24, 2.45) is 0 Å². The van der Waals surface area contributed by atoms with Gasteiger partial charge in [-0.15, -0.1) is 18.3 Å². The zero-order valence-corrected chi connectivity index (χ0v) is 12.4. The number of ether oxygens (including phenoxy) is 1. The van der Waals surface area contributed by atoms with Crippen LogP contribution in [-0.4, -0.2) is 22.5 Å². The summed E-state index contributed by atoms with van der Waals surface area (Å²) in [5, 5.41) is 9.76. The van der Waals surface area contributed by atoms with Crippen LogP contribution in [0.25, 0.3) is 11.5 Å². The molecule has 0 aliphatic carbocycles. The second kappa shape index (κ2) is 6.63. The number of hydrogen-bond acceptors (Lipinski definition) is 5. The molecule has 0 saturated carbocycles. The normalized spacial score (nSPS) is 11.2. The van der Waals surface area contributed by atoms with Gasteiger partial charge in [0, 0.05) is 11.1 Å². The first-order chi connectivity index (χ1) is 11.9. The van der Waals surface area contributed by atoms with E-state index in [1.54, 1.807) is 30.3 Å². The first-order valence-electron chi connectivity index (χ1n) is 6.97. The summed E-state index contributed by atoms with van der Waals surface area (Å²) in [4.78, 5) is 12.0. The highest BCUT2D eigenvalue weighted by Gasteiger charge is 2.31. The number of anilines is 1. The van der Waals surface area contributed by atoms with Gasteiger partial charge in [0.1, 0.15) is 5.75 Å². The fourth-order valence-corrected chi connectivity index (χ4v) is 1.98. The first kappa shape index (κ1) is 16.5. The average Bonchev–Trinajstić information content (AvgIpc) is 3.03. The number of halogens is 3. The Balaban J connectivity index is 1.75. The molecule has 128 valence electrons. The molecule has 3 aromatic rings. The van der Waals surface area contributed by atoms with Crippen LogP contribution in [0.2, 0.25) is 0 Å². The van der Waals surface area contributed by atoms with Gasteiger partial charge in [-0.25, -0.2) is 0 Å². The van der Waals surface area contributed by atoms with E-state index < -0.39 is 18.0 Å². The largest absolute Gasteiger partial charge is 0.573 e. The minimum absolute atomic E-state index is 0.0593. The van der Waals surface area contributed by atoms with Crippen LogP contribution in [0.15, 0.2) is 59.0 Å². The van der Waals surface area contributed by atoms with Crippen molar-refractivity contribution in [2.75, 3.05) is 5.32 Å². The first-order valence-corrected chi connectivity index (χ1v) is 6.97. The Morgan fingerprint density at radius 3 is 2.52 bits per heavy atom. The van der Waals surface area contributed by atoms with Gasteiger partial charge in [-0.2, -0.15) is 0 Å². The van der Waals surface area contributed by atoms with Gasteiger partial charge >= 0.3 is 12.4 Å². The third-order valence-corrected chi connectivity index (χ3v) is 3.00. The topological polar surface area (TPSA) is 77.2 Å². The number of amides is 1. The zero-order valence-electron chi connectivity index (χ0n) is 12.4. The lowest BCUT2D eigenvalue weighted by Crippen LogP contribution is -2.17. The molecule has 2 aromatic carbocycles. The van der Waals surface area contributed by atoms with Crippen LogP contribution in [0.5, 0.6) is 5.75 Å². The highest BCUT2D eigenvalue weighted by atomic mass is 19.4. The predicted molar refractivity (Wildman–Crippen MR) is 80.8 cm³/mol. The SMILES string of the molecule is O=C(Nc1nnc(-c2cccc(OC(F)(F)F)c2)o1)c1ccccc1. The summed E-state index contributed by atoms with van der Waals surface area (Å²) in [6.45, 7) is 0. The number of alkyl halides is 3. The number of nitrogens with zero attached hydrogens (tertiary/aromatic N) is 2. The maximum absolute atomic E-state index is 12.3. The molecule has 0 aliphatic heterocycles. The number of aromatic nitrogens is 2. The maximum Gasteiger partial charge on any atom is 0.573 e. The van der Waals surface area contributed by atoms with Crippen molar-refractivity contribution in [3.05, 3.63) is 60.2 Å². The second-order valence-corrected chi connectivity index (χ2v) is 4.81. The zero-order chi connectivity index (χ0) is 17.9. The molecule has 1 amide bonds. The van der Waals surface area contributed by atoms with Crippen molar-refractivity contribution in [1.29, 1.82) is 0 Å². The van der Waals surface area contributed by atoms with Crippen LogP contribution in [0, 0.1) is 0 Å². The molecule has 0 radical (unpaired) electrons. The summed E-state index contributed by atoms with van der Waals surface area (Å²) in [7, 11) is 0. The summed E-state index contributed by atoms with van der Waals surface area (Å²) in [6, 6.07) is 13.2. The maximum atomic E-state index is 12.3. The van der Waals surface area contributed by atoms with Crippen molar-refractivity contribution >= 4 is 11.9 Å². The fourth-order valence-electron chi connectivity index (χ4n) is 1.98. The third kappa shape index (κ3) is 4.34. The van der Waals surface area contributed by atoms with E-state index in [1.165, 1.54) is 12.1 Å². The van der Waals surface area contributed by atoms with Gasteiger partial charge in [0.15, 0.2) is 0 Å². The van der Waals surface area contributed by atoms with Gasteiger partial charge in [0.2, 0.25) is 5.89 Å². The van der Waals surface area contributed by atoms with Gasteiger partial charge in [0.05, 0.1) is 0 Å². The quantitative estimate of drug-likeness (QED) is 0.773. The van der Waals surface area contributed by atoms with E-state index in [1.807, 2.05) is 0 Å². The molecule has 1 heterocycles. The molecule has 9 heteroatoms. The fraction of sp³-hybridized carbons (Fsp3) is 0.0625. The Morgan fingerprint density at radius 1 is 1.04 bits per heavy atom. The number of rotatable bonds is 4. The smallest absolute Gasteiger partial charge is 0.406 e. The molecule has 25 heavy (non-hydrogen) atoms. The molecule has 0 bridgehead atoms. The molecular weight excluding hydrogens is 339 g/mol. The lowest BCUT2D eigenvalue weighted by molar-refractivity contribution is -0.274. The predicted octanol–water partition coefficient (Wildman–Crippen LogP) is 3.89. The molecule has 6 nitrogen and oxygen atoms in total. The average molecular weight is 349 g/mol. The van der Waals surface area contributed by atoms with Gasteiger partial charge in [-0.1, -0.05) is 29.4 Å². The molecule has 0 spiro atoms. The lowest BCUT2D eigenvalue weighted by Gasteiger charge is -2.08. The lowest BCUT2D eigenvalue weighted by atomic mass is 10.2.